The molecule has 2 N–H and O–H groups in total. The highest BCUT2D eigenvalue weighted by molar-refractivity contribution is 5.77. The topological polar surface area (TPSA) is 54.6 Å². The standard InChI is InChI=1S/C17H16FNO3/c18-13-1-6-17-12(9-13)10-16(22-17)11-19-14-2-4-15(5-3-14)21-8-7-20/h1-6,9-10,19-20H,7-8,11H2. The van der Waals surface area contributed by atoms with E-state index < -0.39 is 0 Å². The van der Waals surface area contributed by atoms with Crippen molar-refractivity contribution in [2.45, 2.75) is 6.54 Å². The van der Waals surface area contributed by atoms with Gasteiger partial charge in [-0.2, -0.15) is 0 Å². The Morgan fingerprint density at radius 2 is 1.91 bits per heavy atom. The van der Waals surface area contributed by atoms with Crippen LogP contribution in [0.2, 0.25) is 0 Å². The molecule has 3 rings (SSSR count). The average Bonchev–Trinajstić information content (AvgIpc) is 2.94. The molecule has 22 heavy (non-hydrogen) atoms. The van der Waals surface area contributed by atoms with E-state index in [4.69, 9.17) is 14.3 Å². The van der Waals surface area contributed by atoms with E-state index in [1.807, 2.05) is 30.3 Å². The van der Waals surface area contributed by atoms with Gasteiger partial charge in [-0.1, -0.05) is 0 Å². The quantitative estimate of drug-likeness (QED) is 0.731. The lowest BCUT2D eigenvalue weighted by molar-refractivity contribution is 0.201. The number of benzene rings is 2. The molecular weight excluding hydrogens is 285 g/mol. The second-order valence-electron chi connectivity index (χ2n) is 4.84. The van der Waals surface area contributed by atoms with Crippen LogP contribution in [0, 0.1) is 5.82 Å². The Morgan fingerprint density at radius 3 is 2.68 bits per heavy atom. The van der Waals surface area contributed by atoms with Crippen molar-refractivity contribution in [3.8, 4) is 5.75 Å². The summed E-state index contributed by atoms with van der Waals surface area (Å²) in [5.74, 6) is 1.17. The van der Waals surface area contributed by atoms with Crippen molar-refractivity contribution in [3.05, 3.63) is 60.1 Å². The summed E-state index contributed by atoms with van der Waals surface area (Å²) in [7, 11) is 0. The van der Waals surface area contributed by atoms with Gasteiger partial charge >= 0.3 is 0 Å². The van der Waals surface area contributed by atoms with E-state index in [1.54, 1.807) is 6.07 Å². The minimum absolute atomic E-state index is 0.00729. The molecule has 0 aliphatic carbocycles. The zero-order valence-electron chi connectivity index (χ0n) is 11.9. The molecule has 0 saturated carbocycles. The number of hydrogen-bond donors (Lipinski definition) is 2. The molecule has 2 aromatic carbocycles. The van der Waals surface area contributed by atoms with Crippen molar-refractivity contribution in [2.75, 3.05) is 18.5 Å². The number of fused-ring (bicyclic) bond motifs is 1. The van der Waals surface area contributed by atoms with Crippen LogP contribution in [0.4, 0.5) is 10.1 Å². The van der Waals surface area contributed by atoms with Crippen molar-refractivity contribution in [2.24, 2.45) is 0 Å². The summed E-state index contributed by atoms with van der Waals surface area (Å²) >= 11 is 0. The monoisotopic (exact) mass is 301 g/mol. The predicted octanol–water partition coefficient (Wildman–Crippen LogP) is 3.56. The number of ether oxygens (including phenoxy) is 1. The Labute approximate surface area is 127 Å². The van der Waals surface area contributed by atoms with Gasteiger partial charge in [0.25, 0.3) is 0 Å². The van der Waals surface area contributed by atoms with Crippen molar-refractivity contribution in [3.63, 3.8) is 0 Å². The number of anilines is 1. The Morgan fingerprint density at radius 1 is 1.09 bits per heavy atom. The molecule has 114 valence electrons. The number of aliphatic hydroxyl groups is 1. The number of furan rings is 1. The molecule has 1 aromatic heterocycles. The molecule has 0 aliphatic heterocycles. The van der Waals surface area contributed by atoms with Crippen molar-refractivity contribution >= 4 is 16.7 Å². The summed E-state index contributed by atoms with van der Waals surface area (Å²) in [6, 6.07) is 13.7. The third-order valence-electron chi connectivity index (χ3n) is 3.21. The molecule has 0 amide bonds. The molecule has 0 radical (unpaired) electrons. The number of rotatable bonds is 6. The molecule has 0 bridgehead atoms. The first kappa shape index (κ1) is 14.4. The van der Waals surface area contributed by atoms with Gasteiger partial charge in [0, 0.05) is 11.1 Å². The number of halogens is 1. The Kier molecular flexibility index (Phi) is 4.25. The lowest BCUT2D eigenvalue weighted by Crippen LogP contribution is -2.02. The van der Waals surface area contributed by atoms with Crippen LogP contribution in [0.1, 0.15) is 5.76 Å². The summed E-state index contributed by atoms with van der Waals surface area (Å²) in [4.78, 5) is 0. The van der Waals surface area contributed by atoms with Crippen LogP contribution in [0.25, 0.3) is 11.0 Å². The first-order chi connectivity index (χ1) is 10.7. The number of nitrogens with one attached hydrogen (secondary N) is 1. The van der Waals surface area contributed by atoms with Crippen LogP contribution in [-0.2, 0) is 6.54 Å². The van der Waals surface area contributed by atoms with E-state index in [1.165, 1.54) is 12.1 Å². The first-order valence-electron chi connectivity index (χ1n) is 7.00. The maximum absolute atomic E-state index is 13.1. The molecule has 0 aliphatic rings. The zero-order valence-corrected chi connectivity index (χ0v) is 11.9. The fraction of sp³-hybridized carbons (Fsp3) is 0.176. The largest absolute Gasteiger partial charge is 0.491 e. The van der Waals surface area contributed by atoms with Gasteiger partial charge in [-0.3, -0.25) is 0 Å². The van der Waals surface area contributed by atoms with E-state index in [2.05, 4.69) is 5.32 Å². The highest BCUT2D eigenvalue weighted by Crippen LogP contribution is 2.22. The molecule has 1 heterocycles. The van der Waals surface area contributed by atoms with E-state index in [0.717, 1.165) is 16.8 Å². The van der Waals surface area contributed by atoms with Crippen molar-refractivity contribution < 1.29 is 18.7 Å². The summed E-state index contributed by atoms with van der Waals surface area (Å²) in [6.07, 6.45) is 0. The van der Waals surface area contributed by atoms with Gasteiger partial charge in [-0.25, -0.2) is 4.39 Å². The molecule has 0 saturated heterocycles. The fourth-order valence-corrected chi connectivity index (χ4v) is 2.18. The number of hydrogen-bond acceptors (Lipinski definition) is 4. The second-order valence-corrected chi connectivity index (χ2v) is 4.84. The summed E-state index contributed by atoms with van der Waals surface area (Å²) in [6.45, 7) is 0.780. The van der Waals surface area contributed by atoms with Crippen molar-refractivity contribution in [1.82, 2.24) is 0 Å². The molecule has 5 heteroatoms. The molecule has 3 aromatic rings. The van der Waals surface area contributed by atoms with Crippen LogP contribution in [-0.4, -0.2) is 18.3 Å². The molecule has 4 nitrogen and oxygen atoms in total. The lowest BCUT2D eigenvalue weighted by atomic mass is 10.2. The normalized spacial score (nSPS) is 10.8. The second kappa shape index (κ2) is 6.49. The van der Waals surface area contributed by atoms with Gasteiger partial charge < -0.3 is 19.6 Å². The highest BCUT2D eigenvalue weighted by atomic mass is 19.1. The van der Waals surface area contributed by atoms with Gasteiger partial charge in [0.15, 0.2) is 0 Å². The maximum Gasteiger partial charge on any atom is 0.134 e. The minimum Gasteiger partial charge on any atom is -0.491 e. The minimum atomic E-state index is -0.272. The summed E-state index contributed by atoms with van der Waals surface area (Å²) in [5, 5.41) is 12.7. The molecule has 0 unspecified atom stereocenters. The third-order valence-corrected chi connectivity index (χ3v) is 3.21. The summed E-state index contributed by atoms with van der Waals surface area (Å²) < 4.78 is 24.1. The number of aliphatic hydroxyl groups excluding tert-OH is 1. The Hall–Kier alpha value is -2.53. The van der Waals surface area contributed by atoms with Gasteiger partial charge in [0.05, 0.1) is 13.2 Å². The maximum atomic E-state index is 13.1. The van der Waals surface area contributed by atoms with Crippen LogP contribution >= 0.6 is 0 Å². The van der Waals surface area contributed by atoms with Gasteiger partial charge in [-0.05, 0) is 48.5 Å². The first-order valence-corrected chi connectivity index (χ1v) is 7.00. The van der Waals surface area contributed by atoms with Crippen LogP contribution in [0.3, 0.4) is 0 Å². The van der Waals surface area contributed by atoms with E-state index in [0.29, 0.717) is 17.9 Å². The Balaban J connectivity index is 1.63. The van der Waals surface area contributed by atoms with E-state index in [9.17, 15) is 4.39 Å². The van der Waals surface area contributed by atoms with Gasteiger partial charge in [0.1, 0.15) is 29.5 Å². The van der Waals surface area contributed by atoms with E-state index in [-0.39, 0.29) is 19.0 Å². The Bertz CT molecular complexity index is 752. The van der Waals surface area contributed by atoms with Gasteiger partial charge in [-0.15, -0.1) is 0 Å². The van der Waals surface area contributed by atoms with Crippen LogP contribution in [0.5, 0.6) is 5.75 Å². The van der Waals surface area contributed by atoms with Crippen LogP contribution < -0.4 is 10.1 Å². The molecule has 0 atom stereocenters. The van der Waals surface area contributed by atoms with Crippen molar-refractivity contribution in [1.29, 1.82) is 0 Å². The molecule has 0 fully saturated rings. The SMILES string of the molecule is OCCOc1ccc(NCc2cc3cc(F)ccc3o2)cc1. The molecule has 0 spiro atoms. The third kappa shape index (κ3) is 3.38. The smallest absolute Gasteiger partial charge is 0.134 e. The average molecular weight is 301 g/mol. The highest BCUT2D eigenvalue weighted by Gasteiger charge is 2.05. The summed E-state index contributed by atoms with van der Waals surface area (Å²) in [5.41, 5.74) is 1.59. The predicted molar refractivity (Wildman–Crippen MR) is 82.5 cm³/mol. The lowest BCUT2D eigenvalue weighted by Gasteiger charge is -2.07. The zero-order chi connectivity index (χ0) is 15.4. The fourth-order valence-electron chi connectivity index (χ4n) is 2.18. The van der Waals surface area contributed by atoms with Gasteiger partial charge in [0.2, 0.25) is 0 Å². The van der Waals surface area contributed by atoms with E-state index >= 15 is 0 Å². The van der Waals surface area contributed by atoms with Crippen LogP contribution in [0.15, 0.2) is 52.9 Å². The molecular formula is C17H16FNO3.